The number of benzene rings is 1. The van der Waals surface area contributed by atoms with Crippen molar-refractivity contribution in [2.45, 2.75) is 46.2 Å². The number of rotatable bonds is 6. The van der Waals surface area contributed by atoms with Crippen LogP contribution in [0.4, 0.5) is 5.69 Å². The van der Waals surface area contributed by atoms with Gasteiger partial charge >= 0.3 is 0 Å². The zero-order valence-corrected chi connectivity index (χ0v) is 13.7. The van der Waals surface area contributed by atoms with Crippen molar-refractivity contribution in [3.8, 4) is 11.5 Å². The van der Waals surface area contributed by atoms with Gasteiger partial charge in [-0.2, -0.15) is 0 Å². The van der Waals surface area contributed by atoms with Crippen LogP contribution in [0.5, 0.6) is 11.5 Å². The van der Waals surface area contributed by atoms with E-state index in [1.54, 1.807) is 0 Å². The fourth-order valence-corrected chi connectivity index (χ4v) is 2.87. The minimum absolute atomic E-state index is 0.484. The molecule has 118 valence electrons. The van der Waals surface area contributed by atoms with Crippen molar-refractivity contribution in [1.82, 2.24) is 5.32 Å². The zero-order valence-electron chi connectivity index (χ0n) is 13.7. The van der Waals surface area contributed by atoms with E-state index in [2.05, 4.69) is 30.1 Å². The Labute approximate surface area is 128 Å². The SMILES string of the molecule is CCOc1ccc(OCC)c(N2CC(C)NCC2CC)c1. The van der Waals surface area contributed by atoms with E-state index < -0.39 is 0 Å². The van der Waals surface area contributed by atoms with Crippen LogP contribution in [0, 0.1) is 0 Å². The molecule has 1 aliphatic heterocycles. The molecule has 0 aliphatic carbocycles. The summed E-state index contributed by atoms with van der Waals surface area (Å²) in [5, 5.41) is 3.56. The van der Waals surface area contributed by atoms with Gasteiger partial charge in [-0.05, 0) is 39.3 Å². The summed E-state index contributed by atoms with van der Waals surface area (Å²) in [5.74, 6) is 1.87. The normalized spacial score (nSPS) is 22.2. The van der Waals surface area contributed by atoms with Crippen LogP contribution < -0.4 is 19.7 Å². The molecule has 0 bridgehead atoms. The van der Waals surface area contributed by atoms with Gasteiger partial charge in [0.2, 0.25) is 0 Å². The molecule has 2 rings (SSSR count). The van der Waals surface area contributed by atoms with Gasteiger partial charge in [0.25, 0.3) is 0 Å². The summed E-state index contributed by atoms with van der Waals surface area (Å²) in [6, 6.07) is 7.12. The van der Waals surface area contributed by atoms with Gasteiger partial charge in [-0.1, -0.05) is 6.92 Å². The molecule has 0 saturated carbocycles. The molecule has 1 heterocycles. The van der Waals surface area contributed by atoms with Gasteiger partial charge in [-0.15, -0.1) is 0 Å². The number of nitrogens with zero attached hydrogens (tertiary/aromatic N) is 1. The molecule has 0 amide bonds. The van der Waals surface area contributed by atoms with Crippen LogP contribution in [0.1, 0.15) is 34.1 Å². The van der Waals surface area contributed by atoms with Gasteiger partial charge in [-0.25, -0.2) is 0 Å². The second kappa shape index (κ2) is 7.55. The third-order valence-electron chi connectivity index (χ3n) is 3.94. The molecule has 21 heavy (non-hydrogen) atoms. The standard InChI is InChI=1S/C17H28N2O2/c1-5-14-11-18-13(4)12-19(14)16-10-15(20-6-2)8-9-17(16)21-7-3/h8-10,13-14,18H,5-7,11-12H2,1-4H3. The summed E-state index contributed by atoms with van der Waals surface area (Å²) in [4.78, 5) is 2.47. The van der Waals surface area contributed by atoms with Crippen LogP contribution in [0.25, 0.3) is 0 Å². The molecule has 2 unspecified atom stereocenters. The molecule has 2 atom stereocenters. The van der Waals surface area contributed by atoms with Gasteiger partial charge in [0, 0.05) is 31.2 Å². The largest absolute Gasteiger partial charge is 0.494 e. The maximum atomic E-state index is 5.83. The highest BCUT2D eigenvalue weighted by Gasteiger charge is 2.27. The molecule has 1 aromatic rings. The van der Waals surface area contributed by atoms with Gasteiger partial charge in [0.15, 0.2) is 0 Å². The van der Waals surface area contributed by atoms with Crippen LogP contribution in [-0.4, -0.2) is 38.4 Å². The third-order valence-corrected chi connectivity index (χ3v) is 3.94. The Kier molecular flexibility index (Phi) is 5.74. The highest BCUT2D eigenvalue weighted by atomic mass is 16.5. The Morgan fingerprint density at radius 3 is 2.62 bits per heavy atom. The molecule has 1 aromatic carbocycles. The van der Waals surface area contributed by atoms with E-state index in [1.165, 1.54) is 0 Å². The molecule has 1 N–H and O–H groups in total. The summed E-state index contributed by atoms with van der Waals surface area (Å²) in [5.41, 5.74) is 1.16. The quantitative estimate of drug-likeness (QED) is 0.874. The fourth-order valence-electron chi connectivity index (χ4n) is 2.87. The van der Waals surface area contributed by atoms with Crippen molar-refractivity contribution in [2.75, 3.05) is 31.2 Å². The number of nitrogens with one attached hydrogen (secondary N) is 1. The van der Waals surface area contributed by atoms with Gasteiger partial charge < -0.3 is 19.7 Å². The van der Waals surface area contributed by atoms with Crippen LogP contribution >= 0.6 is 0 Å². The fraction of sp³-hybridized carbons (Fsp3) is 0.647. The van der Waals surface area contributed by atoms with Crippen molar-refractivity contribution >= 4 is 5.69 Å². The van der Waals surface area contributed by atoms with E-state index in [4.69, 9.17) is 9.47 Å². The minimum atomic E-state index is 0.484. The highest BCUT2D eigenvalue weighted by molar-refractivity contribution is 5.62. The second-order valence-corrected chi connectivity index (χ2v) is 5.52. The highest BCUT2D eigenvalue weighted by Crippen LogP contribution is 2.35. The van der Waals surface area contributed by atoms with E-state index in [0.717, 1.165) is 36.7 Å². The Bertz CT molecular complexity index is 450. The van der Waals surface area contributed by atoms with Crippen LogP contribution in [0.3, 0.4) is 0 Å². The van der Waals surface area contributed by atoms with Crippen molar-refractivity contribution in [3.05, 3.63) is 18.2 Å². The lowest BCUT2D eigenvalue weighted by Crippen LogP contribution is -2.55. The average Bonchev–Trinajstić information content (AvgIpc) is 2.49. The predicted octanol–water partition coefficient (Wildman–Crippen LogP) is 3.06. The lowest BCUT2D eigenvalue weighted by Gasteiger charge is -2.41. The van der Waals surface area contributed by atoms with Crippen molar-refractivity contribution in [2.24, 2.45) is 0 Å². The number of piperazine rings is 1. The van der Waals surface area contributed by atoms with Crippen LogP contribution in [0.15, 0.2) is 18.2 Å². The molecule has 0 radical (unpaired) electrons. The smallest absolute Gasteiger partial charge is 0.142 e. The molecule has 4 nitrogen and oxygen atoms in total. The molecule has 1 fully saturated rings. The molecular formula is C17H28N2O2. The second-order valence-electron chi connectivity index (χ2n) is 5.52. The van der Waals surface area contributed by atoms with Gasteiger partial charge in [-0.3, -0.25) is 0 Å². The maximum absolute atomic E-state index is 5.83. The van der Waals surface area contributed by atoms with Crippen molar-refractivity contribution in [1.29, 1.82) is 0 Å². The summed E-state index contributed by atoms with van der Waals surface area (Å²) < 4.78 is 11.5. The van der Waals surface area contributed by atoms with Gasteiger partial charge in [0.05, 0.1) is 18.9 Å². The number of anilines is 1. The van der Waals surface area contributed by atoms with E-state index in [-0.39, 0.29) is 0 Å². The lowest BCUT2D eigenvalue weighted by atomic mass is 10.1. The molecule has 1 saturated heterocycles. The van der Waals surface area contributed by atoms with Crippen molar-refractivity contribution < 1.29 is 9.47 Å². The summed E-state index contributed by atoms with van der Waals surface area (Å²) in [7, 11) is 0. The van der Waals surface area contributed by atoms with Gasteiger partial charge in [0.1, 0.15) is 11.5 Å². The maximum Gasteiger partial charge on any atom is 0.142 e. The first kappa shape index (κ1) is 16.0. The van der Waals surface area contributed by atoms with E-state index in [1.807, 2.05) is 26.0 Å². The minimum Gasteiger partial charge on any atom is -0.494 e. The number of hydrogen-bond donors (Lipinski definition) is 1. The summed E-state index contributed by atoms with van der Waals surface area (Å²) in [6.07, 6.45) is 1.12. The topological polar surface area (TPSA) is 33.7 Å². The molecule has 0 spiro atoms. The lowest BCUT2D eigenvalue weighted by molar-refractivity contribution is 0.326. The number of hydrogen-bond acceptors (Lipinski definition) is 4. The predicted molar refractivity (Wildman–Crippen MR) is 87.7 cm³/mol. The summed E-state index contributed by atoms with van der Waals surface area (Å²) in [6.45, 7) is 11.9. The molecule has 1 aliphatic rings. The van der Waals surface area contributed by atoms with Crippen LogP contribution in [-0.2, 0) is 0 Å². The summed E-state index contributed by atoms with van der Waals surface area (Å²) >= 11 is 0. The third kappa shape index (κ3) is 3.82. The Morgan fingerprint density at radius 1 is 1.19 bits per heavy atom. The first-order chi connectivity index (χ1) is 10.2. The van der Waals surface area contributed by atoms with Crippen molar-refractivity contribution in [3.63, 3.8) is 0 Å². The number of ether oxygens (including phenoxy) is 2. The zero-order chi connectivity index (χ0) is 15.2. The van der Waals surface area contributed by atoms with E-state index in [0.29, 0.717) is 25.3 Å². The Morgan fingerprint density at radius 2 is 1.95 bits per heavy atom. The first-order valence-electron chi connectivity index (χ1n) is 8.09. The molecule has 4 heteroatoms. The molecule has 0 aromatic heterocycles. The van der Waals surface area contributed by atoms with Crippen LogP contribution in [0.2, 0.25) is 0 Å². The monoisotopic (exact) mass is 292 g/mol. The van der Waals surface area contributed by atoms with E-state index >= 15 is 0 Å². The van der Waals surface area contributed by atoms with E-state index in [9.17, 15) is 0 Å². The Hall–Kier alpha value is -1.42. The Balaban J connectivity index is 2.34. The molecular weight excluding hydrogens is 264 g/mol. The average molecular weight is 292 g/mol. The first-order valence-corrected chi connectivity index (χ1v) is 8.09.